The molecule has 5 heteroatoms. The topological polar surface area (TPSA) is 44.4 Å². The molecule has 3 rings (SSSR count). The van der Waals surface area contributed by atoms with Gasteiger partial charge in [0, 0.05) is 25.2 Å². The molecule has 1 aliphatic carbocycles. The van der Waals surface area contributed by atoms with Gasteiger partial charge in [-0.05, 0) is 74.7 Å². The molecule has 1 aromatic rings. The van der Waals surface area contributed by atoms with Gasteiger partial charge >= 0.3 is 0 Å². The Morgan fingerprint density at radius 1 is 1.36 bits per heavy atom. The van der Waals surface area contributed by atoms with Gasteiger partial charge in [0.1, 0.15) is 5.82 Å². The lowest BCUT2D eigenvalue weighted by atomic mass is 9.70. The van der Waals surface area contributed by atoms with Crippen molar-refractivity contribution in [3.8, 4) is 0 Å². The third kappa shape index (κ3) is 4.93. The van der Waals surface area contributed by atoms with E-state index in [-0.39, 0.29) is 17.9 Å². The van der Waals surface area contributed by atoms with Crippen LogP contribution in [0.15, 0.2) is 24.3 Å². The maximum atomic E-state index is 14.0. The number of benzene rings is 1. The number of nitrogens with one attached hydrogen (secondary N) is 2. The molecular formula is C23H36FN3O. The standard InChI is InChI=1S/C23H36FN3O/c1-18-9-13-27(16-23(18)10-3-4-11-23)22(19-6-5-7-20(24)14-19)15-21(25-2)8-12-26-17-28/h5-7,14,17-18,21-22,25H,3-4,8-13,15-16H2,1-2H3,(H,26,28)/t18-,21?,22?/m1/s1. The number of rotatable bonds is 9. The highest BCUT2D eigenvalue weighted by Gasteiger charge is 2.44. The summed E-state index contributed by atoms with van der Waals surface area (Å²) in [6.45, 7) is 5.29. The zero-order valence-electron chi connectivity index (χ0n) is 17.4. The quantitative estimate of drug-likeness (QED) is 0.498. The van der Waals surface area contributed by atoms with Gasteiger partial charge in [0.15, 0.2) is 0 Å². The largest absolute Gasteiger partial charge is 0.359 e. The number of halogens is 1. The first-order chi connectivity index (χ1) is 13.6. The molecule has 0 aromatic heterocycles. The molecule has 1 amide bonds. The molecule has 1 saturated carbocycles. The lowest BCUT2D eigenvalue weighted by molar-refractivity contribution is -0.109. The van der Waals surface area contributed by atoms with E-state index in [1.165, 1.54) is 38.2 Å². The highest BCUT2D eigenvalue weighted by molar-refractivity contribution is 5.45. The molecular weight excluding hydrogens is 353 g/mol. The van der Waals surface area contributed by atoms with E-state index < -0.39 is 0 Å². The van der Waals surface area contributed by atoms with E-state index in [4.69, 9.17) is 0 Å². The van der Waals surface area contributed by atoms with Crippen LogP contribution in [0.5, 0.6) is 0 Å². The van der Waals surface area contributed by atoms with Crippen LogP contribution >= 0.6 is 0 Å². The highest BCUT2D eigenvalue weighted by Crippen LogP contribution is 2.50. The van der Waals surface area contributed by atoms with Crippen LogP contribution in [0.25, 0.3) is 0 Å². The molecule has 2 N–H and O–H groups in total. The van der Waals surface area contributed by atoms with Gasteiger partial charge in [-0.3, -0.25) is 9.69 Å². The molecule has 2 unspecified atom stereocenters. The van der Waals surface area contributed by atoms with Gasteiger partial charge < -0.3 is 10.6 Å². The normalized spacial score (nSPS) is 24.2. The molecule has 0 bridgehead atoms. The van der Waals surface area contributed by atoms with Gasteiger partial charge in [-0.1, -0.05) is 31.9 Å². The minimum atomic E-state index is -0.160. The Kier molecular flexibility index (Phi) is 7.47. The van der Waals surface area contributed by atoms with Crippen LogP contribution in [0.4, 0.5) is 4.39 Å². The van der Waals surface area contributed by atoms with Gasteiger partial charge in [0.05, 0.1) is 0 Å². The smallest absolute Gasteiger partial charge is 0.207 e. The highest BCUT2D eigenvalue weighted by atomic mass is 19.1. The Morgan fingerprint density at radius 3 is 2.82 bits per heavy atom. The SMILES string of the molecule is CNC(CCNC=O)CC(c1cccc(F)c1)N1CC[C@@H](C)C2(CCCC2)C1. The summed E-state index contributed by atoms with van der Waals surface area (Å²) in [5.41, 5.74) is 1.52. The first-order valence-corrected chi connectivity index (χ1v) is 10.9. The minimum Gasteiger partial charge on any atom is -0.359 e. The van der Waals surface area contributed by atoms with Gasteiger partial charge in [-0.15, -0.1) is 0 Å². The van der Waals surface area contributed by atoms with Crippen molar-refractivity contribution in [3.63, 3.8) is 0 Å². The lowest BCUT2D eigenvalue weighted by Crippen LogP contribution is -2.49. The van der Waals surface area contributed by atoms with Crippen molar-refractivity contribution >= 4 is 6.41 Å². The monoisotopic (exact) mass is 389 g/mol. The van der Waals surface area contributed by atoms with Crippen molar-refractivity contribution in [1.82, 2.24) is 15.5 Å². The van der Waals surface area contributed by atoms with Gasteiger partial charge in [0.25, 0.3) is 0 Å². The summed E-state index contributed by atoms with van der Waals surface area (Å²) >= 11 is 0. The summed E-state index contributed by atoms with van der Waals surface area (Å²) in [6, 6.07) is 7.62. The fourth-order valence-corrected chi connectivity index (χ4v) is 5.48. The molecule has 156 valence electrons. The third-order valence-corrected chi connectivity index (χ3v) is 7.32. The van der Waals surface area contributed by atoms with E-state index >= 15 is 0 Å². The van der Waals surface area contributed by atoms with Gasteiger partial charge in [-0.2, -0.15) is 0 Å². The van der Waals surface area contributed by atoms with Crippen LogP contribution in [0.2, 0.25) is 0 Å². The predicted octanol–water partition coefficient (Wildman–Crippen LogP) is 3.88. The third-order valence-electron chi connectivity index (χ3n) is 7.32. The maximum Gasteiger partial charge on any atom is 0.207 e. The molecule has 1 heterocycles. The number of carbonyl (C=O) groups excluding carboxylic acids is 1. The summed E-state index contributed by atoms with van der Waals surface area (Å²) in [4.78, 5) is 13.2. The fraction of sp³-hybridized carbons (Fsp3) is 0.696. The molecule has 1 spiro atoms. The van der Waals surface area contributed by atoms with Crippen LogP contribution in [0, 0.1) is 17.2 Å². The Balaban J connectivity index is 1.80. The summed E-state index contributed by atoms with van der Waals surface area (Å²) in [5.74, 6) is 0.614. The summed E-state index contributed by atoms with van der Waals surface area (Å²) < 4.78 is 14.0. The Labute approximate surface area is 169 Å². The first-order valence-electron chi connectivity index (χ1n) is 10.9. The van der Waals surface area contributed by atoms with Crippen molar-refractivity contribution < 1.29 is 9.18 Å². The van der Waals surface area contributed by atoms with Crippen LogP contribution in [0.3, 0.4) is 0 Å². The number of piperidine rings is 1. The number of likely N-dealkylation sites (tertiary alicyclic amines) is 1. The van der Waals surface area contributed by atoms with Crippen molar-refractivity contribution in [2.45, 2.75) is 64.0 Å². The molecule has 3 atom stereocenters. The number of hydrogen-bond acceptors (Lipinski definition) is 3. The minimum absolute atomic E-state index is 0.160. The number of carbonyl (C=O) groups is 1. The van der Waals surface area contributed by atoms with Crippen LogP contribution in [-0.4, -0.2) is 44.0 Å². The number of nitrogens with zero attached hydrogens (tertiary/aromatic N) is 1. The second-order valence-corrected chi connectivity index (χ2v) is 8.88. The Morgan fingerprint density at radius 2 is 2.14 bits per heavy atom. The lowest BCUT2D eigenvalue weighted by Gasteiger charge is -2.48. The van der Waals surface area contributed by atoms with Crippen LogP contribution < -0.4 is 10.6 Å². The first kappa shape index (κ1) is 21.3. The van der Waals surface area contributed by atoms with E-state index in [1.54, 1.807) is 6.07 Å². The van der Waals surface area contributed by atoms with Crippen molar-refractivity contribution in [3.05, 3.63) is 35.6 Å². The summed E-state index contributed by atoms with van der Waals surface area (Å²) in [6.07, 6.45) is 9.13. The molecule has 1 saturated heterocycles. The van der Waals surface area contributed by atoms with Gasteiger partial charge in [0.2, 0.25) is 6.41 Å². The molecule has 4 nitrogen and oxygen atoms in total. The molecule has 28 heavy (non-hydrogen) atoms. The summed E-state index contributed by atoms with van der Waals surface area (Å²) in [5, 5.41) is 6.17. The second-order valence-electron chi connectivity index (χ2n) is 8.88. The molecule has 2 fully saturated rings. The summed E-state index contributed by atoms with van der Waals surface area (Å²) in [7, 11) is 1.98. The maximum absolute atomic E-state index is 14.0. The van der Waals surface area contributed by atoms with Crippen molar-refractivity contribution in [2.75, 3.05) is 26.7 Å². The average molecular weight is 390 g/mol. The van der Waals surface area contributed by atoms with Crippen LogP contribution in [0.1, 0.15) is 63.5 Å². The second kappa shape index (κ2) is 9.84. The van der Waals surface area contributed by atoms with E-state index in [0.29, 0.717) is 12.0 Å². The van der Waals surface area contributed by atoms with Gasteiger partial charge in [-0.25, -0.2) is 4.39 Å². The molecule has 0 radical (unpaired) electrons. The zero-order chi connectivity index (χ0) is 20.0. The number of amides is 1. The van der Waals surface area contributed by atoms with Crippen molar-refractivity contribution in [2.24, 2.45) is 11.3 Å². The average Bonchev–Trinajstić information content (AvgIpc) is 3.16. The van der Waals surface area contributed by atoms with E-state index in [2.05, 4.69) is 28.5 Å². The van der Waals surface area contributed by atoms with E-state index in [9.17, 15) is 9.18 Å². The number of hydrogen-bond donors (Lipinski definition) is 2. The Hall–Kier alpha value is -1.46. The fourth-order valence-electron chi connectivity index (χ4n) is 5.48. The predicted molar refractivity (Wildman–Crippen MR) is 112 cm³/mol. The van der Waals surface area contributed by atoms with Crippen molar-refractivity contribution in [1.29, 1.82) is 0 Å². The van der Waals surface area contributed by atoms with E-state index in [0.717, 1.165) is 43.8 Å². The zero-order valence-corrected chi connectivity index (χ0v) is 17.4. The molecule has 1 aliphatic heterocycles. The molecule has 2 aliphatic rings. The van der Waals surface area contributed by atoms with Crippen LogP contribution in [-0.2, 0) is 4.79 Å². The van der Waals surface area contributed by atoms with E-state index in [1.807, 2.05) is 13.1 Å². The Bertz CT molecular complexity index is 632. The molecule has 1 aromatic carbocycles.